The molecule has 2 aliphatic rings. The fourth-order valence-corrected chi connectivity index (χ4v) is 3.45. The first kappa shape index (κ1) is 11.3. The van der Waals surface area contributed by atoms with Gasteiger partial charge in [-0.2, -0.15) is 0 Å². The van der Waals surface area contributed by atoms with E-state index in [0.29, 0.717) is 12.0 Å². The summed E-state index contributed by atoms with van der Waals surface area (Å²) in [5.74, 6) is -0.120. The number of carbonyl (C=O) groups excluding carboxylic acids is 1. The van der Waals surface area contributed by atoms with Crippen molar-refractivity contribution in [3.63, 3.8) is 0 Å². The van der Waals surface area contributed by atoms with Crippen molar-refractivity contribution < 1.29 is 14.7 Å². The molecule has 0 aromatic heterocycles. The topological polar surface area (TPSA) is 78.4 Å². The molecule has 3 N–H and O–H groups in total. The van der Waals surface area contributed by atoms with Crippen molar-refractivity contribution in [3.05, 3.63) is 10.5 Å². The van der Waals surface area contributed by atoms with Gasteiger partial charge in [0.15, 0.2) is 0 Å². The molecule has 88 valence electrons. The summed E-state index contributed by atoms with van der Waals surface area (Å²) in [5.41, 5.74) is 0.448. The molecule has 5 nitrogen and oxygen atoms in total. The lowest BCUT2D eigenvalue weighted by atomic mass is 10.0. The fourth-order valence-electron chi connectivity index (χ4n) is 2.05. The summed E-state index contributed by atoms with van der Waals surface area (Å²) in [6, 6.07) is -0.303. The minimum atomic E-state index is -0.869. The molecule has 0 saturated carbocycles. The van der Waals surface area contributed by atoms with Crippen LogP contribution in [0.2, 0.25) is 0 Å². The van der Waals surface area contributed by atoms with Gasteiger partial charge in [0.05, 0.1) is 12.1 Å². The third kappa shape index (κ3) is 1.89. The van der Waals surface area contributed by atoms with E-state index in [9.17, 15) is 9.59 Å². The Hall–Kier alpha value is -1.17. The monoisotopic (exact) mass is 242 g/mol. The van der Waals surface area contributed by atoms with Gasteiger partial charge in [0, 0.05) is 16.2 Å². The van der Waals surface area contributed by atoms with Crippen LogP contribution in [-0.4, -0.2) is 34.9 Å². The van der Waals surface area contributed by atoms with Gasteiger partial charge in [-0.1, -0.05) is 13.3 Å². The summed E-state index contributed by atoms with van der Waals surface area (Å²) >= 11 is 1.53. The molecule has 0 radical (unpaired) electrons. The van der Waals surface area contributed by atoms with E-state index in [2.05, 4.69) is 10.6 Å². The number of hydrogen-bond acceptors (Lipinski definition) is 3. The number of hydrogen-bond donors (Lipinski definition) is 3. The molecule has 16 heavy (non-hydrogen) atoms. The van der Waals surface area contributed by atoms with E-state index in [1.807, 2.05) is 6.92 Å². The van der Waals surface area contributed by atoms with Crippen LogP contribution in [0, 0.1) is 0 Å². The Bertz CT molecular complexity index is 367. The second-order valence-corrected chi connectivity index (χ2v) is 4.97. The molecule has 2 rings (SSSR count). The number of carboxylic acids is 1. The van der Waals surface area contributed by atoms with Gasteiger partial charge in [0.2, 0.25) is 0 Å². The zero-order chi connectivity index (χ0) is 11.7. The molecule has 2 heterocycles. The lowest BCUT2D eigenvalue weighted by Gasteiger charge is -2.11. The Kier molecular flexibility index (Phi) is 3.09. The van der Waals surface area contributed by atoms with Gasteiger partial charge >= 0.3 is 12.0 Å². The zero-order valence-corrected chi connectivity index (χ0v) is 9.76. The number of nitrogens with one attached hydrogen (secondary N) is 2. The Labute approximate surface area is 97.7 Å². The van der Waals surface area contributed by atoms with Gasteiger partial charge in [-0.3, -0.25) is 0 Å². The summed E-state index contributed by atoms with van der Waals surface area (Å²) in [6.45, 7) is 1.95. The van der Waals surface area contributed by atoms with Crippen LogP contribution in [0.1, 0.15) is 19.8 Å². The standard InChI is InChI=1S/C10H14N2O3S/c1-2-3-5(9(13)14)8-7-6(4-16-8)11-10(15)12-7/h6-7H,2-4H2,1H3,(H,13,14)(H2,11,12,15). The lowest BCUT2D eigenvalue weighted by Crippen LogP contribution is -2.31. The zero-order valence-electron chi connectivity index (χ0n) is 8.95. The van der Waals surface area contributed by atoms with Crippen molar-refractivity contribution in [3.8, 4) is 0 Å². The molecular weight excluding hydrogens is 228 g/mol. The summed E-state index contributed by atoms with van der Waals surface area (Å²) in [7, 11) is 0. The number of fused-ring (bicyclic) bond motifs is 1. The average Bonchev–Trinajstić information content (AvgIpc) is 2.73. The van der Waals surface area contributed by atoms with Crippen molar-refractivity contribution in [2.45, 2.75) is 31.8 Å². The molecule has 2 fully saturated rings. The summed E-state index contributed by atoms with van der Waals surface area (Å²) < 4.78 is 0. The minimum absolute atomic E-state index is 0.0405. The van der Waals surface area contributed by atoms with E-state index in [-0.39, 0.29) is 18.1 Å². The molecule has 2 amide bonds. The molecule has 0 aromatic carbocycles. The third-order valence-corrected chi connectivity index (χ3v) is 4.10. The number of aliphatic carboxylic acids is 1. The van der Waals surface area contributed by atoms with Gasteiger partial charge in [-0.15, -0.1) is 11.8 Å². The van der Waals surface area contributed by atoms with Gasteiger partial charge in [-0.05, 0) is 6.42 Å². The largest absolute Gasteiger partial charge is 0.478 e. The van der Waals surface area contributed by atoms with Crippen molar-refractivity contribution in [2.24, 2.45) is 0 Å². The van der Waals surface area contributed by atoms with Crippen molar-refractivity contribution in [1.29, 1.82) is 0 Å². The Morgan fingerprint density at radius 1 is 1.56 bits per heavy atom. The molecule has 0 spiro atoms. The predicted molar refractivity (Wildman–Crippen MR) is 61.3 cm³/mol. The first-order valence-corrected chi connectivity index (χ1v) is 6.28. The second kappa shape index (κ2) is 4.37. The molecular formula is C10H14N2O3S. The van der Waals surface area contributed by atoms with Crippen molar-refractivity contribution in [2.75, 3.05) is 5.75 Å². The fraction of sp³-hybridized carbons (Fsp3) is 0.600. The van der Waals surface area contributed by atoms with Gasteiger partial charge in [0.25, 0.3) is 0 Å². The smallest absolute Gasteiger partial charge is 0.332 e. The summed E-state index contributed by atoms with van der Waals surface area (Å²) in [4.78, 5) is 23.1. The van der Waals surface area contributed by atoms with Gasteiger partial charge in [0.1, 0.15) is 0 Å². The van der Waals surface area contributed by atoms with E-state index >= 15 is 0 Å². The maximum absolute atomic E-state index is 11.2. The molecule has 2 saturated heterocycles. The van der Waals surface area contributed by atoms with Gasteiger partial charge < -0.3 is 15.7 Å². The summed E-state index contributed by atoms with van der Waals surface area (Å²) in [6.07, 6.45) is 1.35. The van der Waals surface area contributed by atoms with Crippen molar-refractivity contribution >= 4 is 23.8 Å². The number of carbonyl (C=O) groups is 2. The third-order valence-electron chi connectivity index (χ3n) is 2.76. The maximum atomic E-state index is 11.2. The van der Waals surface area contributed by atoms with Crippen LogP contribution in [-0.2, 0) is 4.79 Å². The molecule has 0 aliphatic carbocycles. The quantitative estimate of drug-likeness (QED) is 0.508. The van der Waals surface area contributed by atoms with Crippen LogP contribution in [0.15, 0.2) is 10.5 Å². The molecule has 2 aliphatic heterocycles. The van der Waals surface area contributed by atoms with Crippen LogP contribution < -0.4 is 10.6 Å². The van der Waals surface area contributed by atoms with Crippen molar-refractivity contribution in [1.82, 2.24) is 10.6 Å². The molecule has 0 bridgehead atoms. The highest BCUT2D eigenvalue weighted by atomic mass is 32.2. The molecule has 2 atom stereocenters. The van der Waals surface area contributed by atoms with E-state index in [4.69, 9.17) is 5.11 Å². The first-order valence-electron chi connectivity index (χ1n) is 5.29. The van der Waals surface area contributed by atoms with Crippen LogP contribution >= 0.6 is 11.8 Å². The maximum Gasteiger partial charge on any atom is 0.332 e. The highest BCUT2D eigenvalue weighted by Gasteiger charge is 2.41. The predicted octanol–water partition coefficient (Wildman–Crippen LogP) is 0.922. The number of urea groups is 1. The van der Waals surface area contributed by atoms with Gasteiger partial charge in [-0.25, -0.2) is 9.59 Å². The van der Waals surface area contributed by atoms with Crippen LogP contribution in [0.4, 0.5) is 4.79 Å². The number of amides is 2. The highest BCUT2D eigenvalue weighted by molar-refractivity contribution is 8.03. The van der Waals surface area contributed by atoms with Crippen LogP contribution in [0.25, 0.3) is 0 Å². The Balaban J connectivity index is 2.28. The Morgan fingerprint density at radius 2 is 2.31 bits per heavy atom. The average molecular weight is 242 g/mol. The molecule has 0 aromatic rings. The SMILES string of the molecule is CCCC(C(=O)O)=C1SCC2NC(=O)NC12. The van der Waals surface area contributed by atoms with E-state index < -0.39 is 5.97 Å². The number of rotatable bonds is 3. The Morgan fingerprint density at radius 3 is 2.94 bits per heavy atom. The summed E-state index contributed by atoms with van der Waals surface area (Å²) in [5, 5.41) is 14.7. The molecule has 6 heteroatoms. The number of carboxylic acid groups (broad SMARTS) is 1. The van der Waals surface area contributed by atoms with E-state index in [0.717, 1.165) is 17.1 Å². The number of thioether (sulfide) groups is 1. The van der Waals surface area contributed by atoms with E-state index in [1.54, 1.807) is 0 Å². The van der Waals surface area contributed by atoms with Crippen LogP contribution in [0.5, 0.6) is 0 Å². The highest BCUT2D eigenvalue weighted by Crippen LogP contribution is 2.37. The normalized spacial score (nSPS) is 30.7. The van der Waals surface area contributed by atoms with Crippen LogP contribution in [0.3, 0.4) is 0 Å². The lowest BCUT2D eigenvalue weighted by molar-refractivity contribution is -0.132. The first-order chi connectivity index (χ1) is 7.63. The second-order valence-electron chi connectivity index (χ2n) is 3.91. The van der Waals surface area contributed by atoms with E-state index in [1.165, 1.54) is 11.8 Å². The molecule has 2 unspecified atom stereocenters. The minimum Gasteiger partial charge on any atom is -0.478 e.